The van der Waals surface area contributed by atoms with E-state index in [2.05, 4.69) is 20.7 Å². The highest BCUT2D eigenvalue weighted by Gasteiger charge is 2.23. The first-order valence-electron chi connectivity index (χ1n) is 8.14. The van der Waals surface area contributed by atoms with Crippen LogP contribution in [0.4, 0.5) is 16.3 Å². The normalized spacial score (nSPS) is 15.6. The first-order valence-corrected chi connectivity index (χ1v) is 8.14. The Morgan fingerprint density at radius 2 is 1.88 bits per heavy atom. The molecule has 4 rings (SSSR count). The van der Waals surface area contributed by atoms with E-state index in [9.17, 15) is 9.18 Å². The number of aromatic nitrogens is 3. The topological polar surface area (TPSA) is 71.8 Å². The van der Waals surface area contributed by atoms with E-state index in [1.165, 1.54) is 24.3 Å². The molecule has 0 radical (unpaired) electrons. The molecular weight excluding hydrogens is 333 g/mol. The van der Waals surface area contributed by atoms with Crippen molar-refractivity contribution >= 4 is 17.8 Å². The van der Waals surface area contributed by atoms with Gasteiger partial charge in [0.1, 0.15) is 11.9 Å². The summed E-state index contributed by atoms with van der Waals surface area (Å²) >= 11 is 0. The van der Waals surface area contributed by atoms with Crippen LogP contribution >= 0.6 is 0 Å². The van der Waals surface area contributed by atoms with Gasteiger partial charge in [0.15, 0.2) is 0 Å². The van der Waals surface area contributed by atoms with Crippen molar-refractivity contribution in [2.24, 2.45) is 0 Å². The lowest BCUT2D eigenvalue weighted by Gasteiger charge is -2.22. The van der Waals surface area contributed by atoms with Crippen LogP contribution in [0, 0.1) is 5.82 Å². The Labute approximate surface area is 149 Å². The monoisotopic (exact) mass is 349 g/mol. The summed E-state index contributed by atoms with van der Waals surface area (Å²) in [5.74, 6) is -0.0541. The van der Waals surface area contributed by atoms with E-state index >= 15 is 0 Å². The standard InChI is InChI=1S/C19H16FN5O/c1-12-11-16(13-5-3-2-4-6-13)25-19(21-12)23-18(24-25)22-17(26)14-7-9-15(20)10-8-14/h2-11,16H,1H3,(H2,21,22,23,24,26)/t16-/m0/s1. The Kier molecular flexibility index (Phi) is 3.96. The van der Waals surface area contributed by atoms with Gasteiger partial charge in [0.2, 0.25) is 5.95 Å². The molecule has 2 N–H and O–H groups in total. The van der Waals surface area contributed by atoms with Crippen LogP contribution in [-0.2, 0) is 0 Å². The summed E-state index contributed by atoms with van der Waals surface area (Å²) in [5, 5.41) is 10.2. The highest BCUT2D eigenvalue weighted by atomic mass is 19.1. The molecule has 0 saturated heterocycles. The molecule has 6 nitrogen and oxygen atoms in total. The molecule has 26 heavy (non-hydrogen) atoms. The minimum atomic E-state index is -0.395. The van der Waals surface area contributed by atoms with Crippen molar-refractivity contribution < 1.29 is 9.18 Å². The average Bonchev–Trinajstić information content (AvgIpc) is 3.04. The van der Waals surface area contributed by atoms with Gasteiger partial charge < -0.3 is 5.32 Å². The van der Waals surface area contributed by atoms with Gasteiger partial charge in [-0.25, -0.2) is 9.07 Å². The van der Waals surface area contributed by atoms with E-state index in [1.54, 1.807) is 4.68 Å². The number of nitrogens with zero attached hydrogens (tertiary/aromatic N) is 3. The summed E-state index contributed by atoms with van der Waals surface area (Å²) < 4.78 is 14.7. The molecule has 7 heteroatoms. The predicted molar refractivity (Wildman–Crippen MR) is 96.3 cm³/mol. The largest absolute Gasteiger partial charge is 0.329 e. The molecule has 1 aromatic heterocycles. The Balaban J connectivity index is 1.62. The highest BCUT2D eigenvalue weighted by molar-refractivity contribution is 6.03. The van der Waals surface area contributed by atoms with Crippen molar-refractivity contribution in [2.45, 2.75) is 13.0 Å². The molecule has 1 aliphatic rings. The number of hydrogen-bond donors (Lipinski definition) is 2. The van der Waals surface area contributed by atoms with Crippen LogP contribution in [0.5, 0.6) is 0 Å². The number of carbonyl (C=O) groups excluding carboxylic acids is 1. The van der Waals surface area contributed by atoms with Crippen LogP contribution in [0.1, 0.15) is 28.9 Å². The molecule has 1 atom stereocenters. The van der Waals surface area contributed by atoms with Crippen molar-refractivity contribution in [1.82, 2.24) is 14.8 Å². The van der Waals surface area contributed by atoms with Gasteiger partial charge in [-0.1, -0.05) is 30.3 Å². The molecule has 0 unspecified atom stereocenters. The first-order chi connectivity index (χ1) is 12.6. The molecule has 130 valence electrons. The second kappa shape index (κ2) is 6.44. The van der Waals surface area contributed by atoms with Gasteiger partial charge in [0.05, 0.1) is 0 Å². The number of amides is 1. The van der Waals surface area contributed by atoms with E-state index in [1.807, 2.05) is 43.3 Å². The molecule has 1 amide bonds. The van der Waals surface area contributed by atoms with Crippen molar-refractivity contribution in [1.29, 1.82) is 0 Å². The van der Waals surface area contributed by atoms with E-state index in [4.69, 9.17) is 0 Å². The van der Waals surface area contributed by atoms with Gasteiger partial charge in [0.25, 0.3) is 11.9 Å². The zero-order chi connectivity index (χ0) is 18.1. The quantitative estimate of drug-likeness (QED) is 0.758. The average molecular weight is 349 g/mol. The molecule has 0 spiro atoms. The molecule has 0 fully saturated rings. The van der Waals surface area contributed by atoms with Crippen LogP contribution in [-0.4, -0.2) is 20.7 Å². The number of hydrogen-bond acceptors (Lipinski definition) is 4. The Morgan fingerprint density at radius 1 is 1.15 bits per heavy atom. The smallest absolute Gasteiger partial charge is 0.258 e. The molecular formula is C19H16FN5O. The van der Waals surface area contributed by atoms with Gasteiger partial charge >= 0.3 is 0 Å². The van der Waals surface area contributed by atoms with Crippen LogP contribution in [0.25, 0.3) is 0 Å². The molecule has 0 saturated carbocycles. The number of allylic oxidation sites excluding steroid dienone is 2. The molecule has 0 bridgehead atoms. The Hall–Kier alpha value is -3.48. The van der Waals surface area contributed by atoms with E-state index in [-0.39, 0.29) is 12.0 Å². The second-order valence-electron chi connectivity index (χ2n) is 5.99. The fourth-order valence-electron chi connectivity index (χ4n) is 2.84. The zero-order valence-corrected chi connectivity index (χ0v) is 14.0. The Bertz CT molecular complexity index is 979. The fourth-order valence-corrected chi connectivity index (χ4v) is 2.84. The maximum absolute atomic E-state index is 13.0. The van der Waals surface area contributed by atoms with Gasteiger partial charge in [-0.2, -0.15) is 4.98 Å². The van der Waals surface area contributed by atoms with Gasteiger partial charge in [-0.15, -0.1) is 5.10 Å². The van der Waals surface area contributed by atoms with Crippen LogP contribution in [0.2, 0.25) is 0 Å². The van der Waals surface area contributed by atoms with Gasteiger partial charge in [-0.3, -0.25) is 10.1 Å². The minimum Gasteiger partial charge on any atom is -0.329 e. The number of anilines is 2. The van der Waals surface area contributed by atoms with Gasteiger partial charge in [-0.05, 0) is 42.8 Å². The maximum atomic E-state index is 13.0. The maximum Gasteiger partial charge on any atom is 0.258 e. The van der Waals surface area contributed by atoms with Crippen LogP contribution in [0.3, 0.4) is 0 Å². The van der Waals surface area contributed by atoms with Crippen LogP contribution < -0.4 is 10.6 Å². The summed E-state index contributed by atoms with van der Waals surface area (Å²) in [6.45, 7) is 1.95. The summed E-state index contributed by atoms with van der Waals surface area (Å²) in [4.78, 5) is 16.7. The van der Waals surface area contributed by atoms with E-state index < -0.39 is 11.7 Å². The summed E-state index contributed by atoms with van der Waals surface area (Å²) in [5.41, 5.74) is 2.35. The second-order valence-corrected chi connectivity index (χ2v) is 5.99. The fraction of sp³-hybridized carbons (Fsp3) is 0.105. The SMILES string of the molecule is CC1=C[C@@H](c2ccccc2)n2nc(NC(=O)c3ccc(F)cc3)nc2N1. The molecule has 3 aromatic rings. The Morgan fingerprint density at radius 3 is 2.62 bits per heavy atom. The molecule has 1 aliphatic heterocycles. The lowest BCUT2D eigenvalue weighted by atomic mass is 10.1. The van der Waals surface area contributed by atoms with Gasteiger partial charge in [0, 0.05) is 11.3 Å². The highest BCUT2D eigenvalue weighted by Crippen LogP contribution is 2.29. The third-order valence-corrected chi connectivity index (χ3v) is 4.08. The van der Waals surface area contributed by atoms with E-state index in [0.717, 1.165) is 11.3 Å². The molecule has 0 aliphatic carbocycles. The number of benzene rings is 2. The summed E-state index contributed by atoms with van der Waals surface area (Å²) in [6, 6.07) is 15.1. The first kappa shape index (κ1) is 16.0. The van der Waals surface area contributed by atoms with Crippen molar-refractivity contribution in [3.05, 3.63) is 83.3 Å². The lowest BCUT2D eigenvalue weighted by molar-refractivity contribution is 0.102. The lowest BCUT2D eigenvalue weighted by Crippen LogP contribution is -2.19. The third kappa shape index (κ3) is 3.06. The number of rotatable bonds is 3. The van der Waals surface area contributed by atoms with Crippen LogP contribution in [0.15, 0.2) is 66.4 Å². The molecule has 2 aromatic carbocycles. The number of nitrogens with one attached hydrogen (secondary N) is 2. The third-order valence-electron chi connectivity index (χ3n) is 4.08. The van der Waals surface area contributed by atoms with Crippen molar-refractivity contribution in [2.75, 3.05) is 10.6 Å². The molecule has 2 heterocycles. The summed E-state index contributed by atoms with van der Waals surface area (Å²) in [6.07, 6.45) is 2.04. The van der Waals surface area contributed by atoms with Crippen molar-refractivity contribution in [3.8, 4) is 0 Å². The predicted octanol–water partition coefficient (Wildman–Crippen LogP) is 3.59. The number of fused-ring (bicyclic) bond motifs is 1. The number of halogens is 1. The minimum absolute atomic E-state index is 0.114. The van der Waals surface area contributed by atoms with Crippen molar-refractivity contribution in [3.63, 3.8) is 0 Å². The zero-order valence-electron chi connectivity index (χ0n) is 14.0. The number of carbonyl (C=O) groups is 1. The summed E-state index contributed by atoms with van der Waals surface area (Å²) in [7, 11) is 0. The van der Waals surface area contributed by atoms with E-state index in [0.29, 0.717) is 11.5 Å².